The van der Waals surface area contributed by atoms with Crippen molar-refractivity contribution in [3.63, 3.8) is 0 Å². The number of hydrogen-bond acceptors (Lipinski definition) is 8. The summed E-state index contributed by atoms with van der Waals surface area (Å²) in [5.74, 6) is 1.64. The lowest BCUT2D eigenvalue weighted by molar-refractivity contribution is -0.114. The van der Waals surface area contributed by atoms with Crippen LogP contribution in [0.3, 0.4) is 0 Å². The second kappa shape index (κ2) is 11.1. The van der Waals surface area contributed by atoms with Gasteiger partial charge in [0.25, 0.3) is 0 Å². The Labute approximate surface area is 191 Å². The predicted octanol–water partition coefficient (Wildman–Crippen LogP) is 5.02. The normalized spacial score (nSPS) is 10.8. The molecule has 1 aromatic heterocycles. The fourth-order valence-electron chi connectivity index (χ4n) is 2.87. The van der Waals surface area contributed by atoms with Gasteiger partial charge in [0.15, 0.2) is 11.5 Å². The van der Waals surface area contributed by atoms with Crippen LogP contribution in [0.15, 0.2) is 46.9 Å². The molecule has 0 fully saturated rings. The molecule has 0 saturated heterocycles. The Balaban J connectivity index is 1.69. The van der Waals surface area contributed by atoms with Crippen LogP contribution in [-0.2, 0) is 4.79 Å². The van der Waals surface area contributed by atoms with Gasteiger partial charge in [0.1, 0.15) is 0 Å². The van der Waals surface area contributed by atoms with E-state index in [2.05, 4.69) is 20.8 Å². The van der Waals surface area contributed by atoms with Crippen molar-refractivity contribution in [2.75, 3.05) is 31.6 Å². The van der Waals surface area contributed by atoms with Crippen molar-refractivity contribution in [2.24, 2.45) is 5.10 Å². The number of hydrogen-bond donors (Lipinski definition) is 2. The van der Waals surface area contributed by atoms with Gasteiger partial charge in [-0.1, -0.05) is 19.1 Å². The predicted molar refractivity (Wildman–Crippen MR) is 128 cm³/mol. The molecule has 32 heavy (non-hydrogen) atoms. The number of amides is 1. The third kappa shape index (κ3) is 5.98. The van der Waals surface area contributed by atoms with Gasteiger partial charge in [0.2, 0.25) is 16.8 Å². The Kier molecular flexibility index (Phi) is 8.04. The third-order valence-electron chi connectivity index (χ3n) is 4.31. The Morgan fingerprint density at radius 2 is 1.84 bits per heavy atom. The smallest absolute Gasteiger partial charge is 0.221 e. The molecule has 0 spiro atoms. The lowest BCUT2D eigenvalue weighted by Gasteiger charge is -2.14. The molecule has 2 aromatic carbocycles. The first-order valence-corrected chi connectivity index (χ1v) is 10.9. The Morgan fingerprint density at radius 3 is 2.44 bits per heavy atom. The number of carbonyl (C=O) groups excluding carboxylic acids is 1. The number of rotatable bonds is 10. The number of ether oxygens (including phenoxy) is 3. The quantitative estimate of drug-likeness (QED) is 0.330. The van der Waals surface area contributed by atoms with Crippen molar-refractivity contribution in [3.8, 4) is 28.5 Å². The third-order valence-corrected chi connectivity index (χ3v) is 5.06. The molecule has 0 aliphatic carbocycles. The van der Waals surface area contributed by atoms with Crippen molar-refractivity contribution in [3.05, 3.63) is 47.3 Å². The number of nitrogens with zero attached hydrogens (tertiary/aromatic N) is 2. The highest BCUT2D eigenvalue weighted by Crippen LogP contribution is 2.38. The van der Waals surface area contributed by atoms with Gasteiger partial charge >= 0.3 is 0 Å². The van der Waals surface area contributed by atoms with Gasteiger partial charge in [-0.25, -0.2) is 4.98 Å². The first-order valence-electron chi connectivity index (χ1n) is 10.1. The molecular weight excluding hydrogens is 428 g/mol. The van der Waals surface area contributed by atoms with Crippen LogP contribution in [0.4, 0.5) is 10.8 Å². The summed E-state index contributed by atoms with van der Waals surface area (Å²) in [6, 6.07) is 11.2. The van der Waals surface area contributed by atoms with Gasteiger partial charge in [-0.2, -0.15) is 5.10 Å². The minimum absolute atomic E-state index is 0.103. The molecule has 0 unspecified atom stereocenters. The van der Waals surface area contributed by atoms with E-state index in [9.17, 15) is 4.79 Å². The summed E-state index contributed by atoms with van der Waals surface area (Å²) < 4.78 is 16.7. The lowest BCUT2D eigenvalue weighted by atomic mass is 10.1. The summed E-state index contributed by atoms with van der Waals surface area (Å²) in [5.41, 5.74) is 6.26. The van der Waals surface area contributed by atoms with Crippen molar-refractivity contribution in [1.82, 2.24) is 4.98 Å². The summed E-state index contributed by atoms with van der Waals surface area (Å²) in [6.45, 7) is 4.09. The molecule has 8 nitrogen and oxygen atoms in total. The first kappa shape index (κ1) is 23.1. The lowest BCUT2D eigenvalue weighted by Crippen LogP contribution is -2.05. The van der Waals surface area contributed by atoms with Gasteiger partial charge < -0.3 is 19.5 Å². The van der Waals surface area contributed by atoms with E-state index in [1.807, 2.05) is 48.7 Å². The molecule has 9 heteroatoms. The average molecular weight is 455 g/mol. The highest BCUT2D eigenvalue weighted by molar-refractivity contribution is 7.14. The van der Waals surface area contributed by atoms with Crippen molar-refractivity contribution >= 4 is 34.3 Å². The molecule has 1 heterocycles. The Hall–Kier alpha value is -3.59. The maximum absolute atomic E-state index is 11.1. The van der Waals surface area contributed by atoms with E-state index < -0.39 is 0 Å². The number of hydrazone groups is 1. The summed E-state index contributed by atoms with van der Waals surface area (Å²) in [6.07, 6.45) is 2.55. The van der Waals surface area contributed by atoms with Crippen molar-refractivity contribution in [2.45, 2.75) is 20.3 Å². The standard InChI is InChI=1S/C23H26N4O4S/c1-5-10-31-22-20(29-3)11-16(12-21(22)30-4)13-24-27-23-26-19(14-32-23)17-6-8-18(9-7-17)25-15(2)28/h6-9,11-14H,5,10H2,1-4H3,(H,25,28)(H,26,27)/b24-13-. The number of methoxy groups -OCH3 is 2. The summed E-state index contributed by atoms with van der Waals surface area (Å²) in [5, 5.41) is 9.63. The first-order chi connectivity index (χ1) is 15.5. The highest BCUT2D eigenvalue weighted by atomic mass is 32.1. The fraction of sp³-hybridized carbons (Fsp3) is 0.261. The SMILES string of the molecule is CCCOc1c(OC)cc(/C=N\Nc2nc(-c3ccc(NC(C)=O)cc3)cs2)cc1OC. The number of benzene rings is 2. The molecule has 3 aromatic rings. The van der Waals surface area contributed by atoms with Crippen LogP contribution in [0.2, 0.25) is 0 Å². The second-order valence-corrected chi connectivity index (χ2v) is 7.63. The molecular formula is C23H26N4O4S. The summed E-state index contributed by atoms with van der Waals surface area (Å²) in [7, 11) is 3.18. The molecule has 1 amide bonds. The van der Waals surface area contributed by atoms with E-state index in [4.69, 9.17) is 14.2 Å². The zero-order valence-electron chi connectivity index (χ0n) is 18.5. The largest absolute Gasteiger partial charge is 0.493 e. The van der Waals surface area contributed by atoms with Crippen molar-refractivity contribution in [1.29, 1.82) is 0 Å². The van der Waals surface area contributed by atoms with Gasteiger partial charge in [-0.15, -0.1) is 11.3 Å². The topological polar surface area (TPSA) is 94.1 Å². The molecule has 0 bridgehead atoms. The van der Waals surface area contributed by atoms with Crippen LogP contribution >= 0.6 is 11.3 Å². The fourth-order valence-corrected chi connectivity index (χ4v) is 3.54. The molecule has 0 atom stereocenters. The molecule has 0 aliphatic rings. The zero-order valence-corrected chi connectivity index (χ0v) is 19.3. The van der Waals surface area contributed by atoms with E-state index >= 15 is 0 Å². The number of nitrogens with one attached hydrogen (secondary N) is 2. The van der Waals surface area contributed by atoms with Crippen LogP contribution in [0.5, 0.6) is 17.2 Å². The van der Waals surface area contributed by atoms with Gasteiger partial charge in [0, 0.05) is 29.1 Å². The maximum Gasteiger partial charge on any atom is 0.221 e. The molecule has 0 saturated carbocycles. The maximum atomic E-state index is 11.1. The average Bonchev–Trinajstić information content (AvgIpc) is 3.26. The Morgan fingerprint density at radius 1 is 1.16 bits per heavy atom. The number of carbonyl (C=O) groups is 1. The van der Waals surface area contributed by atoms with Crippen LogP contribution in [-0.4, -0.2) is 37.9 Å². The highest BCUT2D eigenvalue weighted by Gasteiger charge is 2.13. The van der Waals surface area contributed by atoms with Crippen LogP contribution < -0.4 is 25.0 Å². The van der Waals surface area contributed by atoms with Crippen LogP contribution in [0.1, 0.15) is 25.8 Å². The molecule has 0 radical (unpaired) electrons. The summed E-state index contributed by atoms with van der Waals surface area (Å²) >= 11 is 1.45. The van der Waals surface area contributed by atoms with E-state index in [1.165, 1.54) is 18.3 Å². The van der Waals surface area contributed by atoms with E-state index in [0.29, 0.717) is 29.0 Å². The van der Waals surface area contributed by atoms with E-state index in [1.54, 1.807) is 20.4 Å². The molecule has 0 aliphatic heterocycles. The number of thiazole rings is 1. The zero-order chi connectivity index (χ0) is 22.9. The van der Waals surface area contributed by atoms with Gasteiger partial charge in [-0.3, -0.25) is 10.2 Å². The number of anilines is 2. The summed E-state index contributed by atoms with van der Waals surface area (Å²) in [4.78, 5) is 15.7. The van der Waals surface area contributed by atoms with Crippen LogP contribution in [0.25, 0.3) is 11.3 Å². The number of aromatic nitrogens is 1. The van der Waals surface area contributed by atoms with Gasteiger partial charge in [-0.05, 0) is 30.7 Å². The Bertz CT molecular complexity index is 1050. The second-order valence-electron chi connectivity index (χ2n) is 6.77. The minimum atomic E-state index is -0.103. The van der Waals surface area contributed by atoms with E-state index in [0.717, 1.165) is 28.9 Å². The van der Waals surface area contributed by atoms with Crippen LogP contribution in [0, 0.1) is 0 Å². The minimum Gasteiger partial charge on any atom is -0.493 e. The van der Waals surface area contributed by atoms with E-state index in [-0.39, 0.29) is 5.91 Å². The molecule has 3 rings (SSSR count). The molecule has 168 valence electrons. The monoisotopic (exact) mass is 454 g/mol. The van der Waals surface area contributed by atoms with Crippen molar-refractivity contribution < 1.29 is 19.0 Å². The molecule has 2 N–H and O–H groups in total. The van der Waals surface area contributed by atoms with Gasteiger partial charge in [0.05, 0.1) is 32.7 Å².